The summed E-state index contributed by atoms with van der Waals surface area (Å²) in [7, 11) is 0. The van der Waals surface area contributed by atoms with Gasteiger partial charge >= 0.3 is 0 Å². The summed E-state index contributed by atoms with van der Waals surface area (Å²) in [5.74, 6) is -0.0895. The van der Waals surface area contributed by atoms with Crippen molar-refractivity contribution in [1.29, 1.82) is 0 Å². The Kier molecular flexibility index (Phi) is 6.51. The first kappa shape index (κ1) is 23.9. The number of nitrogens with zero attached hydrogens (tertiary/aromatic N) is 2. The van der Waals surface area contributed by atoms with Crippen LogP contribution in [0.5, 0.6) is 5.75 Å². The Labute approximate surface area is 214 Å². The summed E-state index contributed by atoms with van der Waals surface area (Å²) in [4.78, 5) is 27.9. The smallest absolute Gasteiger partial charge is 0.275 e. The molecular formula is C30H28N4O3. The van der Waals surface area contributed by atoms with Crippen molar-refractivity contribution in [2.45, 2.75) is 19.8 Å². The van der Waals surface area contributed by atoms with E-state index < -0.39 is 5.92 Å². The lowest BCUT2D eigenvalue weighted by molar-refractivity contribution is 0.358. The summed E-state index contributed by atoms with van der Waals surface area (Å²) in [6, 6.07) is 26.3. The third kappa shape index (κ3) is 4.36. The van der Waals surface area contributed by atoms with Crippen LogP contribution in [0.2, 0.25) is 0 Å². The molecule has 186 valence electrons. The molecule has 0 saturated carbocycles. The van der Waals surface area contributed by atoms with Gasteiger partial charge in [0.1, 0.15) is 12.4 Å². The Bertz CT molecular complexity index is 1560. The standard InChI is InChI=1S/C30H28N4O3/c1-4-19-37-25-18-12-11-17-24(25)28(26-20(2)31-33(29(26)35)22-13-7-5-8-14-22)27-21(3)32-34(30(27)36)23-15-9-6-10-16-23/h4-18,28,31-32H,1,19H2,2-3H3. The van der Waals surface area contributed by atoms with E-state index in [-0.39, 0.29) is 11.1 Å². The number of ether oxygens (including phenoxy) is 1. The van der Waals surface area contributed by atoms with Crippen molar-refractivity contribution in [2.24, 2.45) is 0 Å². The van der Waals surface area contributed by atoms with Gasteiger partial charge in [0, 0.05) is 17.0 Å². The molecule has 0 aliphatic carbocycles. The highest BCUT2D eigenvalue weighted by atomic mass is 16.5. The van der Waals surface area contributed by atoms with E-state index in [1.54, 1.807) is 6.08 Å². The molecular weight excluding hydrogens is 464 g/mol. The molecule has 37 heavy (non-hydrogen) atoms. The second-order valence-electron chi connectivity index (χ2n) is 8.82. The zero-order valence-electron chi connectivity index (χ0n) is 20.8. The minimum atomic E-state index is -0.677. The van der Waals surface area contributed by atoms with Gasteiger partial charge in [0.15, 0.2) is 0 Å². The van der Waals surface area contributed by atoms with Crippen LogP contribution in [0.3, 0.4) is 0 Å². The first-order valence-corrected chi connectivity index (χ1v) is 12.1. The van der Waals surface area contributed by atoms with Gasteiger partial charge in [0.05, 0.1) is 28.4 Å². The third-order valence-electron chi connectivity index (χ3n) is 6.43. The van der Waals surface area contributed by atoms with E-state index in [2.05, 4.69) is 16.8 Å². The number of benzene rings is 3. The second-order valence-corrected chi connectivity index (χ2v) is 8.82. The maximum absolute atomic E-state index is 14.0. The van der Waals surface area contributed by atoms with Crippen LogP contribution in [-0.4, -0.2) is 26.2 Å². The molecule has 7 nitrogen and oxygen atoms in total. The largest absolute Gasteiger partial charge is 0.489 e. The van der Waals surface area contributed by atoms with Gasteiger partial charge in [-0.3, -0.25) is 19.8 Å². The number of H-pyrrole nitrogens is 2. The average molecular weight is 493 g/mol. The molecule has 0 aliphatic heterocycles. The Morgan fingerprint density at radius 3 is 1.70 bits per heavy atom. The molecule has 0 atom stereocenters. The van der Waals surface area contributed by atoms with E-state index in [9.17, 15) is 9.59 Å². The molecule has 0 bridgehead atoms. The van der Waals surface area contributed by atoms with Crippen LogP contribution in [0.25, 0.3) is 11.4 Å². The lowest BCUT2D eigenvalue weighted by Gasteiger charge is -2.19. The Morgan fingerprint density at radius 2 is 1.22 bits per heavy atom. The fraction of sp³-hybridized carbons (Fsp3) is 0.133. The van der Waals surface area contributed by atoms with Gasteiger partial charge in [-0.05, 0) is 44.2 Å². The predicted octanol–water partition coefficient (Wildman–Crippen LogP) is 5.01. The van der Waals surface area contributed by atoms with Crippen molar-refractivity contribution < 1.29 is 4.74 Å². The van der Waals surface area contributed by atoms with Crippen LogP contribution in [0.4, 0.5) is 0 Å². The number of aryl methyl sites for hydroxylation is 2. The van der Waals surface area contributed by atoms with Crippen molar-refractivity contribution in [2.75, 3.05) is 6.61 Å². The SMILES string of the molecule is C=CCOc1ccccc1C(c1c(C)[nH]n(-c2ccccc2)c1=O)c1c(C)[nH]n(-c2ccccc2)c1=O. The highest BCUT2D eigenvalue weighted by molar-refractivity contribution is 5.52. The van der Waals surface area contributed by atoms with E-state index in [1.165, 1.54) is 9.36 Å². The molecule has 2 aromatic heterocycles. The maximum Gasteiger partial charge on any atom is 0.275 e. The van der Waals surface area contributed by atoms with E-state index in [0.717, 1.165) is 5.56 Å². The number of aromatic nitrogens is 4. The zero-order valence-corrected chi connectivity index (χ0v) is 20.8. The van der Waals surface area contributed by atoms with Crippen molar-refractivity contribution in [3.63, 3.8) is 0 Å². The summed E-state index contributed by atoms with van der Waals surface area (Å²) >= 11 is 0. The molecule has 0 unspecified atom stereocenters. The molecule has 5 rings (SSSR count). The predicted molar refractivity (Wildman–Crippen MR) is 145 cm³/mol. The van der Waals surface area contributed by atoms with Gasteiger partial charge in [-0.15, -0.1) is 0 Å². The molecule has 3 aromatic carbocycles. The first-order chi connectivity index (χ1) is 18.0. The van der Waals surface area contributed by atoms with Crippen LogP contribution in [0.15, 0.2) is 107 Å². The summed E-state index contributed by atoms with van der Waals surface area (Å²) in [6.45, 7) is 7.76. The molecule has 0 spiro atoms. The molecule has 2 N–H and O–H groups in total. The summed E-state index contributed by atoms with van der Waals surface area (Å²) < 4.78 is 9.03. The third-order valence-corrected chi connectivity index (χ3v) is 6.43. The van der Waals surface area contributed by atoms with E-state index in [0.29, 0.717) is 46.2 Å². The molecule has 5 aromatic rings. The van der Waals surface area contributed by atoms with E-state index in [1.807, 2.05) is 98.8 Å². The normalized spacial score (nSPS) is 11.1. The molecule has 7 heteroatoms. The Morgan fingerprint density at radius 1 is 0.757 bits per heavy atom. The monoisotopic (exact) mass is 492 g/mol. The highest BCUT2D eigenvalue weighted by Crippen LogP contribution is 2.37. The number of aromatic amines is 2. The average Bonchev–Trinajstić information content (AvgIpc) is 3.39. The van der Waals surface area contributed by atoms with Crippen molar-refractivity contribution >= 4 is 0 Å². The second kappa shape index (κ2) is 10.1. The van der Waals surface area contributed by atoms with Gasteiger partial charge in [0.25, 0.3) is 11.1 Å². The van der Waals surface area contributed by atoms with Gasteiger partial charge in [-0.1, -0.05) is 67.3 Å². The zero-order chi connectivity index (χ0) is 25.9. The van der Waals surface area contributed by atoms with E-state index >= 15 is 0 Å². The molecule has 0 fully saturated rings. The summed E-state index contributed by atoms with van der Waals surface area (Å²) in [5, 5.41) is 6.43. The highest BCUT2D eigenvalue weighted by Gasteiger charge is 2.32. The van der Waals surface area contributed by atoms with Crippen LogP contribution in [0.1, 0.15) is 34.0 Å². The summed E-state index contributed by atoms with van der Waals surface area (Å²) in [5.41, 5.74) is 4.01. The lowest BCUT2D eigenvalue weighted by atomic mass is 9.84. The van der Waals surface area contributed by atoms with Crippen molar-refractivity contribution in [3.8, 4) is 17.1 Å². The van der Waals surface area contributed by atoms with Crippen LogP contribution < -0.4 is 15.9 Å². The van der Waals surface area contributed by atoms with Crippen LogP contribution >= 0.6 is 0 Å². The first-order valence-electron chi connectivity index (χ1n) is 12.1. The number of nitrogens with one attached hydrogen (secondary N) is 2. The van der Waals surface area contributed by atoms with Crippen LogP contribution in [-0.2, 0) is 0 Å². The number of para-hydroxylation sites is 3. The molecule has 0 radical (unpaired) electrons. The Balaban J connectivity index is 1.79. The minimum Gasteiger partial charge on any atom is -0.489 e. The van der Waals surface area contributed by atoms with Gasteiger partial charge in [-0.2, -0.15) is 0 Å². The molecule has 0 aliphatic rings. The van der Waals surface area contributed by atoms with Gasteiger partial charge < -0.3 is 4.74 Å². The summed E-state index contributed by atoms with van der Waals surface area (Å²) in [6.07, 6.45) is 1.67. The van der Waals surface area contributed by atoms with Crippen molar-refractivity contribution in [3.05, 3.63) is 146 Å². The van der Waals surface area contributed by atoms with Crippen LogP contribution in [0, 0.1) is 13.8 Å². The number of rotatable bonds is 8. The molecule has 0 amide bonds. The molecule has 0 saturated heterocycles. The topological polar surface area (TPSA) is 84.8 Å². The minimum absolute atomic E-state index is 0.224. The van der Waals surface area contributed by atoms with Crippen molar-refractivity contribution in [1.82, 2.24) is 19.6 Å². The maximum atomic E-state index is 14.0. The fourth-order valence-corrected chi connectivity index (χ4v) is 4.77. The quantitative estimate of drug-likeness (QED) is 0.299. The van der Waals surface area contributed by atoms with Gasteiger partial charge in [-0.25, -0.2) is 9.36 Å². The number of hydrogen-bond donors (Lipinski definition) is 2. The fourth-order valence-electron chi connectivity index (χ4n) is 4.77. The number of hydrogen-bond acceptors (Lipinski definition) is 3. The lowest BCUT2D eigenvalue weighted by Crippen LogP contribution is -2.25. The Hall–Kier alpha value is -4.78. The van der Waals surface area contributed by atoms with Gasteiger partial charge in [0.2, 0.25) is 0 Å². The van der Waals surface area contributed by atoms with E-state index in [4.69, 9.17) is 4.74 Å². The molecule has 2 heterocycles.